The molecule has 0 radical (unpaired) electrons. The van der Waals surface area contributed by atoms with Crippen LogP contribution in [0.5, 0.6) is 0 Å². The number of carboxylic acid groups (broad SMARTS) is 1. The van der Waals surface area contributed by atoms with Gasteiger partial charge in [-0.05, 0) is 23.1 Å². The number of aliphatic hydroxyl groups excluding tert-OH is 1. The summed E-state index contributed by atoms with van der Waals surface area (Å²) >= 11 is 0. The summed E-state index contributed by atoms with van der Waals surface area (Å²) in [6.07, 6.45) is 0.713. The highest BCUT2D eigenvalue weighted by Gasteiger charge is 2.12. The zero-order chi connectivity index (χ0) is 11.7. The van der Waals surface area contributed by atoms with Crippen LogP contribution in [0.15, 0.2) is 30.5 Å². The maximum Gasteiger partial charge on any atom is 0.306 e. The summed E-state index contributed by atoms with van der Waals surface area (Å²) < 4.78 is 1.94. The van der Waals surface area contributed by atoms with E-state index < -0.39 is 12.1 Å². The molecule has 1 atom stereocenters. The molecule has 2 aromatic rings. The van der Waals surface area contributed by atoms with Crippen LogP contribution in [0.1, 0.15) is 18.1 Å². The van der Waals surface area contributed by atoms with E-state index in [-0.39, 0.29) is 6.42 Å². The normalized spacial score (nSPS) is 12.9. The van der Waals surface area contributed by atoms with Gasteiger partial charge in [0.1, 0.15) is 0 Å². The van der Waals surface area contributed by atoms with E-state index >= 15 is 0 Å². The highest BCUT2D eigenvalue weighted by atomic mass is 16.4. The van der Waals surface area contributed by atoms with Gasteiger partial charge in [0, 0.05) is 18.8 Å². The van der Waals surface area contributed by atoms with Crippen molar-refractivity contribution in [2.45, 2.75) is 12.5 Å². The number of aromatic nitrogens is 1. The van der Waals surface area contributed by atoms with Gasteiger partial charge in [0.25, 0.3) is 0 Å². The summed E-state index contributed by atoms with van der Waals surface area (Å²) in [5, 5.41) is 19.4. The van der Waals surface area contributed by atoms with E-state index in [0.29, 0.717) is 5.56 Å². The molecule has 2 N–H and O–H groups in total. The maximum atomic E-state index is 10.5. The van der Waals surface area contributed by atoms with E-state index in [2.05, 4.69) is 0 Å². The Morgan fingerprint density at radius 1 is 1.44 bits per heavy atom. The molecule has 1 heterocycles. The van der Waals surface area contributed by atoms with Crippen molar-refractivity contribution < 1.29 is 15.0 Å². The fourth-order valence-electron chi connectivity index (χ4n) is 1.77. The molecular formula is C12H13NO3. The lowest BCUT2D eigenvalue weighted by molar-refractivity contribution is -0.139. The molecule has 0 saturated carbocycles. The van der Waals surface area contributed by atoms with E-state index in [0.717, 1.165) is 10.9 Å². The third kappa shape index (κ3) is 1.92. The number of hydrogen-bond donors (Lipinski definition) is 2. The highest BCUT2D eigenvalue weighted by Crippen LogP contribution is 2.22. The number of fused-ring (bicyclic) bond motifs is 1. The van der Waals surface area contributed by atoms with Gasteiger partial charge in [0.05, 0.1) is 12.5 Å². The van der Waals surface area contributed by atoms with Gasteiger partial charge < -0.3 is 14.8 Å². The Labute approximate surface area is 92.7 Å². The van der Waals surface area contributed by atoms with Gasteiger partial charge in [-0.2, -0.15) is 0 Å². The number of carbonyl (C=O) groups is 1. The average Bonchev–Trinajstić information content (AvgIpc) is 2.59. The molecule has 1 unspecified atom stereocenters. The van der Waals surface area contributed by atoms with Gasteiger partial charge in [-0.3, -0.25) is 4.79 Å². The number of aliphatic hydroxyl groups is 1. The van der Waals surface area contributed by atoms with Crippen molar-refractivity contribution in [1.82, 2.24) is 4.57 Å². The van der Waals surface area contributed by atoms with E-state index in [9.17, 15) is 9.90 Å². The first kappa shape index (κ1) is 10.7. The Morgan fingerprint density at radius 2 is 2.19 bits per heavy atom. The standard InChI is InChI=1S/C12H13NO3/c1-13-5-4-8-2-3-9(6-10(8)13)11(14)7-12(15)16/h2-6,11,14H,7H2,1H3,(H,15,16). The minimum atomic E-state index is -1.00. The summed E-state index contributed by atoms with van der Waals surface area (Å²) in [6, 6.07) is 7.44. The minimum Gasteiger partial charge on any atom is -0.481 e. The molecule has 1 aromatic carbocycles. The summed E-state index contributed by atoms with van der Waals surface area (Å²) in [7, 11) is 1.91. The van der Waals surface area contributed by atoms with Crippen LogP contribution in [0.2, 0.25) is 0 Å². The zero-order valence-electron chi connectivity index (χ0n) is 8.92. The highest BCUT2D eigenvalue weighted by molar-refractivity contribution is 5.81. The molecule has 0 fully saturated rings. The van der Waals surface area contributed by atoms with Crippen molar-refractivity contribution in [2.24, 2.45) is 7.05 Å². The molecule has 0 aliphatic carbocycles. The fourth-order valence-corrected chi connectivity index (χ4v) is 1.77. The zero-order valence-corrected chi connectivity index (χ0v) is 8.92. The Balaban J connectivity index is 2.38. The van der Waals surface area contributed by atoms with Gasteiger partial charge in [0.15, 0.2) is 0 Å². The van der Waals surface area contributed by atoms with E-state index in [1.54, 1.807) is 6.07 Å². The lowest BCUT2D eigenvalue weighted by Gasteiger charge is -2.08. The summed E-state index contributed by atoms with van der Waals surface area (Å²) in [5.74, 6) is -1.00. The van der Waals surface area contributed by atoms with Gasteiger partial charge in [0.2, 0.25) is 0 Å². The molecule has 0 saturated heterocycles. The molecule has 0 spiro atoms. The second-order valence-corrected chi connectivity index (χ2v) is 3.86. The number of rotatable bonds is 3. The second-order valence-electron chi connectivity index (χ2n) is 3.86. The van der Waals surface area contributed by atoms with Gasteiger partial charge in [-0.1, -0.05) is 12.1 Å². The van der Waals surface area contributed by atoms with Crippen molar-refractivity contribution in [3.8, 4) is 0 Å². The number of nitrogens with zero attached hydrogens (tertiary/aromatic N) is 1. The molecule has 1 aromatic heterocycles. The molecule has 4 heteroatoms. The van der Waals surface area contributed by atoms with Crippen LogP contribution >= 0.6 is 0 Å². The molecule has 0 bridgehead atoms. The fraction of sp³-hybridized carbons (Fsp3) is 0.250. The van der Waals surface area contributed by atoms with E-state index in [1.165, 1.54) is 0 Å². The van der Waals surface area contributed by atoms with E-state index in [4.69, 9.17) is 5.11 Å². The van der Waals surface area contributed by atoms with Gasteiger partial charge >= 0.3 is 5.97 Å². The first-order valence-electron chi connectivity index (χ1n) is 5.03. The predicted molar refractivity (Wildman–Crippen MR) is 60.1 cm³/mol. The first-order valence-corrected chi connectivity index (χ1v) is 5.03. The van der Waals surface area contributed by atoms with Crippen molar-refractivity contribution in [3.63, 3.8) is 0 Å². The van der Waals surface area contributed by atoms with Gasteiger partial charge in [-0.25, -0.2) is 0 Å². The first-order chi connectivity index (χ1) is 7.58. The monoisotopic (exact) mass is 219 g/mol. The number of benzene rings is 1. The van der Waals surface area contributed by atoms with Gasteiger partial charge in [-0.15, -0.1) is 0 Å². The predicted octanol–water partition coefficient (Wildman–Crippen LogP) is 1.69. The van der Waals surface area contributed by atoms with Crippen LogP contribution in [0.3, 0.4) is 0 Å². The Hall–Kier alpha value is -1.81. The van der Waals surface area contributed by atoms with Crippen molar-refractivity contribution in [3.05, 3.63) is 36.0 Å². The number of aliphatic carboxylic acids is 1. The molecule has 0 aliphatic rings. The summed E-state index contributed by atoms with van der Waals surface area (Å²) in [6.45, 7) is 0. The molecule has 0 aliphatic heterocycles. The molecule has 0 amide bonds. The smallest absolute Gasteiger partial charge is 0.306 e. The third-order valence-electron chi connectivity index (χ3n) is 2.66. The molecule has 4 nitrogen and oxygen atoms in total. The third-order valence-corrected chi connectivity index (χ3v) is 2.66. The van der Waals surface area contributed by atoms with Crippen LogP contribution in [-0.4, -0.2) is 20.7 Å². The minimum absolute atomic E-state index is 0.268. The Bertz CT molecular complexity index is 530. The number of hydrogen-bond acceptors (Lipinski definition) is 2. The lowest BCUT2D eigenvalue weighted by atomic mass is 10.1. The molecule has 84 valence electrons. The molecule has 2 rings (SSSR count). The molecular weight excluding hydrogens is 206 g/mol. The van der Waals surface area contributed by atoms with Crippen LogP contribution < -0.4 is 0 Å². The SMILES string of the molecule is Cn1ccc2ccc(C(O)CC(=O)O)cc21. The second kappa shape index (κ2) is 3.98. The average molecular weight is 219 g/mol. The quantitative estimate of drug-likeness (QED) is 0.825. The van der Waals surface area contributed by atoms with Crippen LogP contribution in [0.25, 0.3) is 10.9 Å². The number of carboxylic acids is 1. The topological polar surface area (TPSA) is 62.5 Å². The van der Waals surface area contributed by atoms with Crippen molar-refractivity contribution >= 4 is 16.9 Å². The van der Waals surface area contributed by atoms with Crippen LogP contribution in [0.4, 0.5) is 0 Å². The van der Waals surface area contributed by atoms with Crippen LogP contribution in [-0.2, 0) is 11.8 Å². The Morgan fingerprint density at radius 3 is 2.88 bits per heavy atom. The van der Waals surface area contributed by atoms with Crippen molar-refractivity contribution in [1.29, 1.82) is 0 Å². The molecule has 16 heavy (non-hydrogen) atoms. The Kier molecular flexibility index (Phi) is 2.66. The summed E-state index contributed by atoms with van der Waals surface area (Å²) in [4.78, 5) is 10.5. The van der Waals surface area contributed by atoms with E-state index in [1.807, 2.05) is 36.0 Å². The largest absolute Gasteiger partial charge is 0.481 e. The van der Waals surface area contributed by atoms with Crippen molar-refractivity contribution in [2.75, 3.05) is 0 Å². The lowest BCUT2D eigenvalue weighted by Crippen LogP contribution is -2.05. The summed E-state index contributed by atoms with van der Waals surface area (Å²) in [5.41, 5.74) is 1.62. The van der Waals surface area contributed by atoms with Crippen LogP contribution in [0, 0.1) is 0 Å². The maximum absolute atomic E-state index is 10.5. The number of aryl methyl sites for hydroxylation is 1.